The highest BCUT2D eigenvalue weighted by atomic mass is 32.1. The van der Waals surface area contributed by atoms with Crippen molar-refractivity contribution < 1.29 is 23.6 Å². The zero-order valence-corrected chi connectivity index (χ0v) is 16.9. The van der Waals surface area contributed by atoms with Crippen molar-refractivity contribution in [3.8, 4) is 11.5 Å². The third kappa shape index (κ3) is 5.64. The van der Waals surface area contributed by atoms with Gasteiger partial charge in [-0.2, -0.15) is 5.10 Å². The highest BCUT2D eigenvalue weighted by Gasteiger charge is 2.15. The topological polar surface area (TPSA) is 128 Å². The number of nitrogens with one attached hydrogen (secondary N) is 2. The van der Waals surface area contributed by atoms with Crippen molar-refractivity contribution in [2.45, 2.75) is 0 Å². The number of hydrogen-bond acceptors (Lipinski definition) is 8. The van der Waals surface area contributed by atoms with E-state index in [4.69, 9.17) is 26.1 Å². The molecule has 31 heavy (non-hydrogen) atoms. The van der Waals surface area contributed by atoms with Gasteiger partial charge in [-0.05, 0) is 54.2 Å². The van der Waals surface area contributed by atoms with Gasteiger partial charge in [0, 0.05) is 6.07 Å². The number of carbonyl (C=O) groups is 1. The Morgan fingerprint density at radius 3 is 2.71 bits per heavy atom. The minimum absolute atomic E-state index is 0.0663. The van der Waals surface area contributed by atoms with Gasteiger partial charge in [-0.15, -0.1) is 0 Å². The number of ether oxygens (including phenoxy) is 2. The van der Waals surface area contributed by atoms with Crippen molar-refractivity contribution in [2.75, 3.05) is 12.4 Å². The third-order valence-electron chi connectivity index (χ3n) is 3.84. The molecule has 0 fully saturated rings. The van der Waals surface area contributed by atoms with Gasteiger partial charge >= 0.3 is 5.97 Å². The highest BCUT2D eigenvalue weighted by molar-refractivity contribution is 7.80. The molecule has 0 unspecified atom stereocenters. The number of benzene rings is 2. The zero-order chi connectivity index (χ0) is 22.2. The van der Waals surface area contributed by atoms with E-state index >= 15 is 0 Å². The van der Waals surface area contributed by atoms with Crippen LogP contribution >= 0.6 is 12.2 Å². The van der Waals surface area contributed by atoms with E-state index in [2.05, 4.69) is 15.8 Å². The van der Waals surface area contributed by atoms with E-state index < -0.39 is 10.9 Å². The fraction of sp³-hybridized carbons (Fsp3) is 0.0500. The first-order valence-electron chi connectivity index (χ1n) is 8.75. The Morgan fingerprint density at radius 2 is 2.00 bits per heavy atom. The summed E-state index contributed by atoms with van der Waals surface area (Å²) >= 11 is 5.10. The first-order chi connectivity index (χ1) is 15.0. The Hall–Kier alpha value is -4.25. The largest absolute Gasteiger partial charge is 0.493 e. The van der Waals surface area contributed by atoms with Crippen molar-refractivity contribution in [3.05, 3.63) is 82.3 Å². The second-order valence-corrected chi connectivity index (χ2v) is 6.28. The van der Waals surface area contributed by atoms with E-state index in [0.717, 1.165) is 0 Å². The maximum Gasteiger partial charge on any atom is 0.379 e. The Balaban J connectivity index is 1.62. The molecule has 0 aliphatic carbocycles. The number of methoxy groups -OCH3 is 1. The minimum Gasteiger partial charge on any atom is -0.493 e. The molecule has 3 rings (SSSR count). The van der Waals surface area contributed by atoms with E-state index in [-0.39, 0.29) is 28.0 Å². The quantitative estimate of drug-likeness (QED) is 0.141. The molecule has 0 saturated heterocycles. The lowest BCUT2D eigenvalue weighted by molar-refractivity contribution is -0.383. The number of furan rings is 1. The summed E-state index contributed by atoms with van der Waals surface area (Å²) in [6.07, 6.45) is 2.82. The van der Waals surface area contributed by atoms with Gasteiger partial charge in [0.1, 0.15) is 5.69 Å². The maximum absolute atomic E-state index is 12.0. The summed E-state index contributed by atoms with van der Waals surface area (Å²) in [5, 5.41) is 17.8. The molecule has 158 valence electrons. The summed E-state index contributed by atoms with van der Waals surface area (Å²) in [6, 6.07) is 14.0. The van der Waals surface area contributed by atoms with Crippen LogP contribution in [-0.4, -0.2) is 29.3 Å². The molecule has 0 aliphatic heterocycles. The fourth-order valence-corrected chi connectivity index (χ4v) is 2.61. The van der Waals surface area contributed by atoms with Crippen molar-refractivity contribution in [3.63, 3.8) is 0 Å². The maximum atomic E-state index is 12.0. The highest BCUT2D eigenvalue weighted by Crippen LogP contribution is 2.28. The Kier molecular flexibility index (Phi) is 6.91. The van der Waals surface area contributed by atoms with E-state index in [9.17, 15) is 14.9 Å². The number of esters is 1. The van der Waals surface area contributed by atoms with Crippen LogP contribution < -0.4 is 20.2 Å². The van der Waals surface area contributed by atoms with Crippen LogP contribution in [0.5, 0.6) is 11.5 Å². The normalized spacial score (nSPS) is 10.5. The number of rotatable bonds is 7. The molecule has 2 aromatic carbocycles. The average Bonchev–Trinajstić information content (AvgIpc) is 3.30. The molecule has 1 aromatic heterocycles. The lowest BCUT2D eigenvalue weighted by Gasteiger charge is -2.09. The van der Waals surface area contributed by atoms with Crippen LogP contribution in [0.4, 0.5) is 11.4 Å². The van der Waals surface area contributed by atoms with Gasteiger partial charge in [0.15, 0.2) is 16.6 Å². The van der Waals surface area contributed by atoms with E-state index in [1.165, 1.54) is 37.8 Å². The fourth-order valence-electron chi connectivity index (χ4n) is 2.45. The number of thiocarbonyl (C=S) groups is 1. The van der Waals surface area contributed by atoms with E-state index in [1.807, 2.05) is 0 Å². The molecular weight excluding hydrogens is 424 g/mol. The van der Waals surface area contributed by atoms with Crippen LogP contribution in [-0.2, 0) is 0 Å². The lowest BCUT2D eigenvalue weighted by Crippen LogP contribution is -2.24. The summed E-state index contributed by atoms with van der Waals surface area (Å²) < 4.78 is 15.5. The predicted octanol–water partition coefficient (Wildman–Crippen LogP) is 3.74. The number of hydrazone groups is 1. The van der Waals surface area contributed by atoms with Gasteiger partial charge < -0.3 is 19.2 Å². The third-order valence-corrected chi connectivity index (χ3v) is 4.03. The summed E-state index contributed by atoms with van der Waals surface area (Å²) in [5.41, 5.74) is 3.33. The molecule has 3 aromatic rings. The monoisotopic (exact) mass is 440 g/mol. The Bertz CT molecular complexity index is 1130. The van der Waals surface area contributed by atoms with Crippen molar-refractivity contribution >= 4 is 40.9 Å². The van der Waals surface area contributed by atoms with E-state index in [0.29, 0.717) is 11.3 Å². The van der Waals surface area contributed by atoms with Gasteiger partial charge in [0.25, 0.3) is 5.69 Å². The standard InChI is InChI=1S/C20H16N4O6S/c1-28-18-11-13(8-9-16(18)30-19(25)17-7-4-10-29-17)12-21-23-20(31)22-14-5-2-3-6-15(14)24(26)27/h2-12H,1H3,(H2,22,23,31)/b21-12-. The van der Waals surface area contributed by atoms with Crippen molar-refractivity contribution in [2.24, 2.45) is 5.10 Å². The summed E-state index contributed by atoms with van der Waals surface area (Å²) in [5.74, 6) is -0.0681. The molecule has 0 saturated carbocycles. The van der Waals surface area contributed by atoms with E-state index in [1.54, 1.807) is 36.4 Å². The summed E-state index contributed by atoms with van der Waals surface area (Å²) in [4.78, 5) is 22.6. The zero-order valence-electron chi connectivity index (χ0n) is 16.1. The minimum atomic E-state index is -0.655. The van der Waals surface area contributed by atoms with Crippen LogP contribution in [0.15, 0.2) is 70.4 Å². The molecule has 1 heterocycles. The van der Waals surface area contributed by atoms with Crippen LogP contribution in [0.3, 0.4) is 0 Å². The first-order valence-corrected chi connectivity index (χ1v) is 9.16. The van der Waals surface area contributed by atoms with Crippen LogP contribution in [0.25, 0.3) is 0 Å². The number of nitrogens with zero attached hydrogens (tertiary/aromatic N) is 2. The molecule has 10 nitrogen and oxygen atoms in total. The van der Waals surface area contributed by atoms with Gasteiger partial charge in [0.2, 0.25) is 5.76 Å². The predicted molar refractivity (Wildman–Crippen MR) is 117 cm³/mol. The van der Waals surface area contributed by atoms with Crippen LogP contribution in [0, 0.1) is 10.1 Å². The number of para-hydroxylation sites is 2. The molecular formula is C20H16N4O6S. The van der Waals surface area contributed by atoms with Crippen LogP contribution in [0.2, 0.25) is 0 Å². The van der Waals surface area contributed by atoms with Crippen molar-refractivity contribution in [1.82, 2.24) is 5.43 Å². The SMILES string of the molecule is COc1cc(/C=N\NC(=S)Nc2ccccc2[N+](=O)[O-])ccc1OC(=O)c1ccco1. The van der Waals surface area contributed by atoms with Crippen molar-refractivity contribution in [1.29, 1.82) is 0 Å². The number of carbonyl (C=O) groups excluding carboxylic acids is 1. The second-order valence-electron chi connectivity index (χ2n) is 5.88. The van der Waals surface area contributed by atoms with Crippen LogP contribution in [0.1, 0.15) is 16.1 Å². The Labute approximate surface area is 181 Å². The number of anilines is 1. The smallest absolute Gasteiger partial charge is 0.379 e. The number of nitro groups is 1. The molecule has 0 bridgehead atoms. The Morgan fingerprint density at radius 1 is 1.19 bits per heavy atom. The molecule has 0 amide bonds. The summed E-state index contributed by atoms with van der Waals surface area (Å²) in [6.45, 7) is 0. The second kappa shape index (κ2) is 9.98. The van der Waals surface area contributed by atoms with Gasteiger partial charge in [-0.1, -0.05) is 12.1 Å². The van der Waals surface area contributed by atoms with Gasteiger partial charge in [-0.25, -0.2) is 4.79 Å². The molecule has 0 spiro atoms. The lowest BCUT2D eigenvalue weighted by atomic mass is 10.2. The molecule has 11 heteroatoms. The molecule has 0 atom stereocenters. The molecule has 2 N–H and O–H groups in total. The number of nitro benzene ring substituents is 1. The molecule has 0 aliphatic rings. The van der Waals surface area contributed by atoms with Gasteiger partial charge in [-0.3, -0.25) is 15.5 Å². The summed E-state index contributed by atoms with van der Waals surface area (Å²) in [7, 11) is 1.44. The molecule has 0 radical (unpaired) electrons. The first kappa shape index (κ1) is 21.5. The van der Waals surface area contributed by atoms with Gasteiger partial charge in [0.05, 0.1) is 24.5 Å². The number of hydrogen-bond donors (Lipinski definition) is 2. The average molecular weight is 440 g/mol.